The topological polar surface area (TPSA) is 0 Å². The molecular formula is C28H18. The van der Waals surface area contributed by atoms with Crippen LogP contribution in [0.25, 0.3) is 40.1 Å². The Morgan fingerprint density at radius 2 is 1.14 bits per heavy atom. The van der Waals surface area contributed by atoms with Gasteiger partial charge in [0.05, 0.1) is 0 Å². The first-order valence-corrected chi connectivity index (χ1v) is 9.71. The minimum absolute atomic E-state index is 1.16. The Morgan fingerprint density at radius 3 is 1.89 bits per heavy atom. The van der Waals surface area contributed by atoms with Crippen molar-refractivity contribution in [3.8, 4) is 22.3 Å². The Hall–Kier alpha value is -3.60. The quantitative estimate of drug-likeness (QED) is 0.392. The lowest BCUT2D eigenvalue weighted by Gasteiger charge is -2.01. The van der Waals surface area contributed by atoms with Crippen molar-refractivity contribution in [1.29, 1.82) is 0 Å². The van der Waals surface area contributed by atoms with Crippen LogP contribution in [0.1, 0.15) is 16.7 Å². The molecule has 0 unspecified atom stereocenters. The van der Waals surface area contributed by atoms with Gasteiger partial charge in [-0.15, -0.1) is 5.73 Å². The summed E-state index contributed by atoms with van der Waals surface area (Å²) in [4.78, 5) is 0. The van der Waals surface area contributed by atoms with Crippen molar-refractivity contribution in [1.82, 2.24) is 0 Å². The second-order valence-electron chi connectivity index (χ2n) is 7.57. The Kier molecular flexibility index (Phi) is 3.14. The van der Waals surface area contributed by atoms with E-state index < -0.39 is 0 Å². The van der Waals surface area contributed by atoms with Crippen LogP contribution >= 0.6 is 0 Å². The first kappa shape index (κ1) is 15.5. The summed E-state index contributed by atoms with van der Waals surface area (Å²) in [5.74, 6) is 0. The first-order chi connectivity index (χ1) is 13.8. The van der Waals surface area contributed by atoms with Gasteiger partial charge in [0.15, 0.2) is 0 Å². The summed E-state index contributed by atoms with van der Waals surface area (Å²) in [5, 5.41) is 4.92. The molecule has 2 aliphatic carbocycles. The molecule has 0 N–H and O–H groups in total. The molecule has 0 aliphatic heterocycles. The number of rotatable bonds is 0. The molecule has 130 valence electrons. The van der Waals surface area contributed by atoms with E-state index in [-0.39, 0.29) is 0 Å². The van der Waals surface area contributed by atoms with E-state index in [0.29, 0.717) is 0 Å². The molecule has 2 aliphatic rings. The van der Waals surface area contributed by atoms with Crippen LogP contribution in [-0.2, 0) is 0 Å². The Bertz CT molecular complexity index is 1540. The highest BCUT2D eigenvalue weighted by atomic mass is 14.2. The monoisotopic (exact) mass is 354 g/mol. The lowest BCUT2D eigenvalue weighted by Crippen LogP contribution is -2.31. The molecule has 4 aromatic rings. The predicted octanol–water partition coefficient (Wildman–Crippen LogP) is 3.36. The summed E-state index contributed by atoms with van der Waals surface area (Å²) in [7, 11) is 0. The fourth-order valence-electron chi connectivity index (χ4n) is 4.53. The maximum absolute atomic E-state index is 3.78. The highest BCUT2D eigenvalue weighted by Gasteiger charge is 2.13. The van der Waals surface area contributed by atoms with Crippen molar-refractivity contribution in [3.05, 3.63) is 116 Å². The molecule has 0 spiro atoms. The Balaban J connectivity index is 1.79. The molecule has 0 heteroatoms. The van der Waals surface area contributed by atoms with Gasteiger partial charge in [0, 0.05) is 10.4 Å². The Labute approximate surface area is 163 Å². The van der Waals surface area contributed by atoms with Crippen molar-refractivity contribution in [2.24, 2.45) is 0 Å². The van der Waals surface area contributed by atoms with Crippen molar-refractivity contribution in [2.45, 2.75) is 6.92 Å². The van der Waals surface area contributed by atoms with Crippen molar-refractivity contribution in [2.75, 3.05) is 0 Å². The smallest absolute Gasteiger partial charge is 0.0279 e. The predicted molar refractivity (Wildman–Crippen MR) is 117 cm³/mol. The van der Waals surface area contributed by atoms with Crippen LogP contribution in [0, 0.1) is 6.92 Å². The summed E-state index contributed by atoms with van der Waals surface area (Å²) < 4.78 is 0. The fraction of sp³-hybridized carbons (Fsp3) is 0.0357. The van der Waals surface area contributed by atoms with Gasteiger partial charge in [-0.3, -0.25) is 0 Å². The van der Waals surface area contributed by atoms with Crippen LogP contribution in [0.5, 0.6) is 0 Å². The molecule has 4 aromatic carbocycles. The molecule has 0 aromatic heterocycles. The highest BCUT2D eigenvalue weighted by Crippen LogP contribution is 2.26. The lowest BCUT2D eigenvalue weighted by atomic mass is 10.0. The molecule has 0 atom stereocenters. The molecule has 0 nitrogen and oxygen atoms in total. The van der Waals surface area contributed by atoms with Crippen LogP contribution in [-0.4, -0.2) is 0 Å². The average molecular weight is 354 g/mol. The van der Waals surface area contributed by atoms with Gasteiger partial charge in [-0.05, 0) is 74.5 Å². The van der Waals surface area contributed by atoms with Gasteiger partial charge >= 0.3 is 0 Å². The van der Waals surface area contributed by atoms with E-state index in [1.165, 1.54) is 54.6 Å². The number of hydrogen-bond acceptors (Lipinski definition) is 0. The van der Waals surface area contributed by atoms with Gasteiger partial charge in [0.25, 0.3) is 0 Å². The van der Waals surface area contributed by atoms with Crippen molar-refractivity contribution >= 4 is 17.9 Å². The van der Waals surface area contributed by atoms with E-state index in [1.54, 1.807) is 0 Å². The molecule has 0 amide bonds. The lowest BCUT2D eigenvalue weighted by molar-refractivity contribution is 1.38. The second kappa shape index (κ2) is 5.70. The highest BCUT2D eigenvalue weighted by molar-refractivity contribution is 5.84. The molecule has 0 saturated heterocycles. The zero-order chi connectivity index (χ0) is 18.7. The van der Waals surface area contributed by atoms with Gasteiger partial charge in [-0.2, -0.15) is 0 Å². The number of fused-ring (bicyclic) bond motifs is 6. The molecule has 28 heavy (non-hydrogen) atoms. The summed E-state index contributed by atoms with van der Waals surface area (Å²) in [6.07, 6.45) is 4.60. The fourth-order valence-corrected chi connectivity index (χ4v) is 4.53. The third-order valence-corrected chi connectivity index (χ3v) is 5.92. The van der Waals surface area contributed by atoms with Crippen LogP contribution in [0.3, 0.4) is 0 Å². The third-order valence-electron chi connectivity index (χ3n) is 5.92. The number of aryl methyl sites for hydroxylation is 1. The molecule has 0 saturated carbocycles. The SMILES string of the molecule is Cc1ccc2c(c1=C=c1cccc3c1=Cc1ccccc1-3)=Cc1ccccc1-2. The zero-order valence-electron chi connectivity index (χ0n) is 15.7. The second-order valence-corrected chi connectivity index (χ2v) is 7.57. The van der Waals surface area contributed by atoms with Gasteiger partial charge < -0.3 is 0 Å². The van der Waals surface area contributed by atoms with E-state index in [2.05, 4.69) is 104 Å². The molecule has 6 rings (SSSR count). The number of hydrogen-bond donors (Lipinski definition) is 0. The normalized spacial score (nSPS) is 12.2. The van der Waals surface area contributed by atoms with E-state index in [9.17, 15) is 0 Å². The molecule has 0 radical (unpaired) electrons. The van der Waals surface area contributed by atoms with Gasteiger partial charge in [0.1, 0.15) is 0 Å². The van der Waals surface area contributed by atoms with Gasteiger partial charge in [-0.25, -0.2) is 0 Å². The van der Waals surface area contributed by atoms with Crippen LogP contribution in [0.15, 0.2) is 78.9 Å². The standard InChI is InChI=1S/C28H18/c1-18-13-14-25-23-11-5-3-8-20(23)17-28(25)26(18)15-21-9-6-12-24-22-10-4-2-7-19(22)16-27(21)24/h2-14,16-17H,1H3. The molecule has 0 fully saturated rings. The van der Waals surface area contributed by atoms with Crippen LogP contribution < -0.4 is 20.9 Å². The molecule has 0 bridgehead atoms. The molecule has 0 heterocycles. The van der Waals surface area contributed by atoms with Crippen molar-refractivity contribution in [3.63, 3.8) is 0 Å². The summed E-state index contributed by atoms with van der Waals surface area (Å²) in [5.41, 5.74) is 12.9. The zero-order valence-corrected chi connectivity index (χ0v) is 15.7. The largest absolute Gasteiger partial charge is 0.103 e. The van der Waals surface area contributed by atoms with Crippen LogP contribution in [0.2, 0.25) is 0 Å². The van der Waals surface area contributed by atoms with E-state index >= 15 is 0 Å². The summed E-state index contributed by atoms with van der Waals surface area (Å²) >= 11 is 0. The van der Waals surface area contributed by atoms with E-state index in [0.717, 1.165) is 5.22 Å². The first-order valence-electron chi connectivity index (χ1n) is 9.71. The number of benzene rings is 4. The maximum Gasteiger partial charge on any atom is 0.0279 e. The Morgan fingerprint density at radius 1 is 0.536 bits per heavy atom. The minimum atomic E-state index is 1.16. The molecular weight excluding hydrogens is 336 g/mol. The maximum atomic E-state index is 3.78. The van der Waals surface area contributed by atoms with E-state index in [4.69, 9.17) is 0 Å². The average Bonchev–Trinajstić information content (AvgIpc) is 3.29. The van der Waals surface area contributed by atoms with Crippen molar-refractivity contribution < 1.29 is 0 Å². The van der Waals surface area contributed by atoms with Crippen LogP contribution in [0.4, 0.5) is 0 Å². The summed E-state index contributed by atoms with van der Waals surface area (Å²) in [6, 6.07) is 28.3. The summed E-state index contributed by atoms with van der Waals surface area (Å²) in [6.45, 7) is 2.18. The van der Waals surface area contributed by atoms with E-state index in [1.807, 2.05) is 0 Å². The third kappa shape index (κ3) is 2.13. The van der Waals surface area contributed by atoms with Gasteiger partial charge in [-0.1, -0.05) is 72.8 Å². The van der Waals surface area contributed by atoms with Gasteiger partial charge in [0.2, 0.25) is 0 Å². The minimum Gasteiger partial charge on any atom is -0.103 e.